The number of hydrogen-bond acceptors (Lipinski definition) is 4. The van der Waals surface area contributed by atoms with Crippen molar-refractivity contribution in [3.63, 3.8) is 0 Å². The zero-order chi connectivity index (χ0) is 19.2. The monoisotopic (exact) mass is 432 g/mol. The summed E-state index contributed by atoms with van der Waals surface area (Å²) in [6.07, 6.45) is -0.710. The fourth-order valence-corrected chi connectivity index (χ4v) is 2.98. The molecule has 7 heteroatoms. The maximum Gasteiger partial charge on any atom is 0.265 e. The molecule has 2 amide bonds. The standard InChI is InChI=1S/C20H21BrN2O4/c1-14(27-16-8-6-15(21)7-9-16)19(24)22-18-5-3-2-4-17(18)20(25)23-10-12-26-13-11-23/h2-9,14H,10-13H2,1H3,(H,22,24)/t14-/m1/s1. The van der Waals surface area contributed by atoms with E-state index in [9.17, 15) is 9.59 Å². The van der Waals surface area contributed by atoms with E-state index in [0.717, 1.165) is 4.47 Å². The molecule has 1 aliphatic rings. The normalized spacial score (nSPS) is 15.1. The number of anilines is 1. The number of para-hydroxylation sites is 1. The van der Waals surface area contributed by atoms with Gasteiger partial charge in [-0.3, -0.25) is 9.59 Å². The summed E-state index contributed by atoms with van der Waals surface area (Å²) in [7, 11) is 0. The molecule has 2 aromatic carbocycles. The summed E-state index contributed by atoms with van der Waals surface area (Å²) in [4.78, 5) is 27.1. The van der Waals surface area contributed by atoms with Gasteiger partial charge in [0.1, 0.15) is 5.75 Å². The third-order valence-electron chi connectivity index (χ3n) is 4.21. The van der Waals surface area contributed by atoms with E-state index in [1.54, 1.807) is 48.2 Å². The molecule has 1 N–H and O–H groups in total. The number of morpholine rings is 1. The quantitative estimate of drug-likeness (QED) is 0.786. The highest BCUT2D eigenvalue weighted by atomic mass is 79.9. The molecule has 0 aromatic heterocycles. The van der Waals surface area contributed by atoms with E-state index in [4.69, 9.17) is 9.47 Å². The van der Waals surface area contributed by atoms with Crippen molar-refractivity contribution < 1.29 is 19.1 Å². The molecule has 0 unspecified atom stereocenters. The molecule has 0 aliphatic carbocycles. The van der Waals surface area contributed by atoms with Crippen LogP contribution in [-0.2, 0) is 9.53 Å². The SMILES string of the molecule is C[C@@H](Oc1ccc(Br)cc1)C(=O)Nc1ccccc1C(=O)N1CCOCC1. The number of carbonyl (C=O) groups excluding carboxylic acids is 2. The second-order valence-electron chi connectivity index (χ2n) is 6.15. The van der Waals surface area contributed by atoms with Crippen LogP contribution in [0.25, 0.3) is 0 Å². The molecule has 1 atom stereocenters. The summed E-state index contributed by atoms with van der Waals surface area (Å²) in [6.45, 7) is 3.81. The van der Waals surface area contributed by atoms with Gasteiger partial charge < -0.3 is 19.7 Å². The number of rotatable bonds is 5. The van der Waals surface area contributed by atoms with E-state index in [1.165, 1.54) is 0 Å². The molecule has 2 aromatic rings. The predicted octanol–water partition coefficient (Wildman–Crippen LogP) is 3.33. The van der Waals surface area contributed by atoms with Crippen LogP contribution in [0.2, 0.25) is 0 Å². The molecule has 142 valence electrons. The fourth-order valence-electron chi connectivity index (χ4n) is 2.72. The van der Waals surface area contributed by atoms with Crippen molar-refractivity contribution in [2.45, 2.75) is 13.0 Å². The van der Waals surface area contributed by atoms with Gasteiger partial charge in [0, 0.05) is 17.6 Å². The van der Waals surface area contributed by atoms with Crippen LogP contribution >= 0.6 is 15.9 Å². The fraction of sp³-hybridized carbons (Fsp3) is 0.300. The van der Waals surface area contributed by atoms with Crippen LogP contribution in [0, 0.1) is 0 Å². The first kappa shape index (κ1) is 19.4. The maximum atomic E-state index is 12.8. The van der Waals surface area contributed by atoms with Crippen molar-refractivity contribution >= 4 is 33.4 Å². The Morgan fingerprint density at radius 3 is 2.48 bits per heavy atom. The van der Waals surface area contributed by atoms with E-state index in [0.29, 0.717) is 43.3 Å². The third kappa shape index (κ3) is 5.08. The molecule has 1 heterocycles. The zero-order valence-electron chi connectivity index (χ0n) is 15.0. The Morgan fingerprint density at radius 2 is 1.78 bits per heavy atom. The Balaban J connectivity index is 1.68. The molecule has 3 rings (SSSR count). The van der Waals surface area contributed by atoms with E-state index in [-0.39, 0.29) is 11.8 Å². The summed E-state index contributed by atoms with van der Waals surface area (Å²) in [5.74, 6) is 0.161. The Hall–Kier alpha value is -2.38. The number of halogens is 1. The summed E-state index contributed by atoms with van der Waals surface area (Å²) in [5, 5.41) is 2.81. The molecule has 1 fully saturated rings. The lowest BCUT2D eigenvalue weighted by molar-refractivity contribution is -0.122. The molecule has 1 saturated heterocycles. The van der Waals surface area contributed by atoms with Crippen LogP contribution in [0.1, 0.15) is 17.3 Å². The summed E-state index contributed by atoms with van der Waals surface area (Å²) in [6, 6.07) is 14.3. The van der Waals surface area contributed by atoms with Gasteiger partial charge in [0.15, 0.2) is 6.10 Å². The van der Waals surface area contributed by atoms with Gasteiger partial charge in [-0.1, -0.05) is 28.1 Å². The lowest BCUT2D eigenvalue weighted by Crippen LogP contribution is -2.41. The first-order valence-electron chi connectivity index (χ1n) is 8.74. The van der Waals surface area contributed by atoms with Gasteiger partial charge >= 0.3 is 0 Å². The first-order chi connectivity index (χ1) is 13.0. The number of nitrogens with zero attached hydrogens (tertiary/aromatic N) is 1. The summed E-state index contributed by atoms with van der Waals surface area (Å²) in [5.41, 5.74) is 0.939. The van der Waals surface area contributed by atoms with Gasteiger partial charge in [-0.2, -0.15) is 0 Å². The van der Waals surface area contributed by atoms with Crippen LogP contribution in [0.4, 0.5) is 5.69 Å². The van der Waals surface area contributed by atoms with Gasteiger partial charge in [0.25, 0.3) is 11.8 Å². The second kappa shape index (κ2) is 9.01. The molecular weight excluding hydrogens is 412 g/mol. The second-order valence-corrected chi connectivity index (χ2v) is 7.07. The first-order valence-corrected chi connectivity index (χ1v) is 9.53. The van der Waals surface area contributed by atoms with Gasteiger partial charge in [0.05, 0.1) is 24.5 Å². The van der Waals surface area contributed by atoms with Gasteiger partial charge in [-0.05, 0) is 43.3 Å². The van der Waals surface area contributed by atoms with E-state index < -0.39 is 6.10 Å². The molecule has 27 heavy (non-hydrogen) atoms. The minimum Gasteiger partial charge on any atom is -0.481 e. The van der Waals surface area contributed by atoms with Crippen molar-refractivity contribution in [3.8, 4) is 5.75 Å². The van der Waals surface area contributed by atoms with Crippen molar-refractivity contribution in [1.29, 1.82) is 0 Å². The van der Waals surface area contributed by atoms with E-state index in [1.807, 2.05) is 12.1 Å². The Bertz CT molecular complexity index is 804. The van der Waals surface area contributed by atoms with E-state index >= 15 is 0 Å². The van der Waals surface area contributed by atoms with Gasteiger partial charge in [-0.15, -0.1) is 0 Å². The minimum absolute atomic E-state index is 0.115. The van der Waals surface area contributed by atoms with Gasteiger partial charge in [0.2, 0.25) is 0 Å². The molecule has 6 nitrogen and oxygen atoms in total. The Morgan fingerprint density at radius 1 is 1.11 bits per heavy atom. The number of hydrogen-bond donors (Lipinski definition) is 1. The molecule has 0 bridgehead atoms. The maximum absolute atomic E-state index is 12.8. The van der Waals surface area contributed by atoms with Crippen LogP contribution < -0.4 is 10.1 Å². The lowest BCUT2D eigenvalue weighted by atomic mass is 10.1. The largest absolute Gasteiger partial charge is 0.481 e. The minimum atomic E-state index is -0.710. The van der Waals surface area contributed by atoms with E-state index in [2.05, 4.69) is 21.2 Å². The van der Waals surface area contributed by atoms with Crippen LogP contribution in [0.15, 0.2) is 53.0 Å². The zero-order valence-corrected chi connectivity index (χ0v) is 16.6. The average molecular weight is 433 g/mol. The Kier molecular flexibility index (Phi) is 6.47. The van der Waals surface area contributed by atoms with Crippen LogP contribution in [-0.4, -0.2) is 49.1 Å². The average Bonchev–Trinajstić information content (AvgIpc) is 2.70. The smallest absolute Gasteiger partial charge is 0.265 e. The van der Waals surface area contributed by atoms with Gasteiger partial charge in [-0.25, -0.2) is 0 Å². The van der Waals surface area contributed by atoms with Crippen LogP contribution in [0.3, 0.4) is 0 Å². The van der Waals surface area contributed by atoms with Crippen molar-refractivity contribution in [2.75, 3.05) is 31.6 Å². The number of carbonyl (C=O) groups is 2. The number of nitrogens with one attached hydrogen (secondary N) is 1. The molecule has 0 radical (unpaired) electrons. The number of benzene rings is 2. The van der Waals surface area contributed by atoms with Crippen molar-refractivity contribution in [1.82, 2.24) is 4.90 Å². The molecule has 0 spiro atoms. The highest BCUT2D eigenvalue weighted by molar-refractivity contribution is 9.10. The molecule has 0 saturated carbocycles. The number of amides is 2. The summed E-state index contributed by atoms with van der Waals surface area (Å²) < 4.78 is 11.9. The molecule has 1 aliphatic heterocycles. The highest BCUT2D eigenvalue weighted by Crippen LogP contribution is 2.20. The molecular formula is C20H21BrN2O4. The number of ether oxygens (including phenoxy) is 2. The van der Waals surface area contributed by atoms with Crippen molar-refractivity contribution in [3.05, 3.63) is 58.6 Å². The topological polar surface area (TPSA) is 67.9 Å². The third-order valence-corrected chi connectivity index (χ3v) is 4.74. The Labute approximate surface area is 166 Å². The lowest BCUT2D eigenvalue weighted by Gasteiger charge is -2.27. The highest BCUT2D eigenvalue weighted by Gasteiger charge is 2.23. The predicted molar refractivity (Wildman–Crippen MR) is 106 cm³/mol. The summed E-state index contributed by atoms with van der Waals surface area (Å²) >= 11 is 3.36. The van der Waals surface area contributed by atoms with Crippen molar-refractivity contribution in [2.24, 2.45) is 0 Å². The van der Waals surface area contributed by atoms with Crippen LogP contribution in [0.5, 0.6) is 5.75 Å².